The second-order valence-electron chi connectivity index (χ2n) is 3.52. The molecule has 2 aromatic rings. The number of aliphatic hydroxyl groups excluding tert-OH is 1. The highest BCUT2D eigenvalue weighted by Crippen LogP contribution is 2.13. The minimum Gasteiger partial charge on any atom is -0.396 e. The molecule has 0 bridgehead atoms. The molecule has 2 aromatic heterocycles. The number of anilines is 1. The summed E-state index contributed by atoms with van der Waals surface area (Å²) in [4.78, 5) is 12.1. The van der Waals surface area contributed by atoms with Crippen LogP contribution in [0, 0.1) is 0 Å². The summed E-state index contributed by atoms with van der Waals surface area (Å²) < 4.78 is 7.27. The molecular weight excluding hydrogens is 254 g/mol. The van der Waals surface area contributed by atoms with Crippen LogP contribution >= 0.6 is 11.8 Å². The molecule has 0 unspecified atom stereocenters. The third-order valence-corrected chi connectivity index (χ3v) is 3.19. The number of imidazole rings is 1. The van der Waals surface area contributed by atoms with Gasteiger partial charge in [0.15, 0.2) is 11.5 Å². The number of rotatable bonds is 7. The van der Waals surface area contributed by atoms with Crippen molar-refractivity contribution in [1.82, 2.24) is 19.5 Å². The van der Waals surface area contributed by atoms with E-state index in [1.54, 1.807) is 22.7 Å². The molecule has 8 heteroatoms. The van der Waals surface area contributed by atoms with E-state index in [-0.39, 0.29) is 6.61 Å². The van der Waals surface area contributed by atoms with E-state index in [4.69, 9.17) is 15.6 Å². The van der Waals surface area contributed by atoms with Gasteiger partial charge < -0.3 is 15.6 Å². The number of aliphatic hydroxyl groups is 1. The number of hydrogen-bond donors (Lipinski definition) is 2. The molecule has 0 aliphatic rings. The van der Waals surface area contributed by atoms with Gasteiger partial charge in [0, 0.05) is 11.5 Å². The van der Waals surface area contributed by atoms with Crippen molar-refractivity contribution in [2.75, 3.05) is 30.5 Å². The zero-order chi connectivity index (χ0) is 12.8. The molecule has 18 heavy (non-hydrogen) atoms. The number of nitrogens with zero attached hydrogens (tertiary/aromatic N) is 4. The molecule has 0 spiro atoms. The molecule has 0 aliphatic carbocycles. The van der Waals surface area contributed by atoms with Crippen LogP contribution in [0.3, 0.4) is 0 Å². The average molecular weight is 269 g/mol. The molecule has 0 atom stereocenters. The van der Waals surface area contributed by atoms with Crippen molar-refractivity contribution in [3.63, 3.8) is 0 Å². The number of aromatic nitrogens is 4. The van der Waals surface area contributed by atoms with Gasteiger partial charge in [0.25, 0.3) is 0 Å². The lowest BCUT2D eigenvalue weighted by molar-refractivity contribution is 0.0922. The molecular formula is C10H15N5O2S. The fourth-order valence-corrected chi connectivity index (χ4v) is 2.01. The Morgan fingerprint density at radius 3 is 3.06 bits per heavy atom. The Labute approximate surface area is 108 Å². The van der Waals surface area contributed by atoms with Crippen LogP contribution in [-0.4, -0.2) is 49.3 Å². The molecule has 0 amide bonds. The van der Waals surface area contributed by atoms with E-state index in [9.17, 15) is 0 Å². The van der Waals surface area contributed by atoms with Gasteiger partial charge >= 0.3 is 0 Å². The van der Waals surface area contributed by atoms with Gasteiger partial charge in [-0.3, -0.25) is 4.57 Å². The predicted octanol–water partition coefficient (Wildman–Crippen LogP) is 0.108. The Morgan fingerprint density at radius 2 is 2.22 bits per heavy atom. The Kier molecular flexibility index (Phi) is 4.73. The van der Waals surface area contributed by atoms with Crippen LogP contribution in [0.1, 0.15) is 0 Å². The summed E-state index contributed by atoms with van der Waals surface area (Å²) in [7, 11) is 0. The van der Waals surface area contributed by atoms with Crippen LogP contribution in [0.4, 0.5) is 5.82 Å². The second kappa shape index (κ2) is 6.53. The maximum Gasteiger partial charge on any atom is 0.167 e. The molecule has 7 nitrogen and oxygen atoms in total. The van der Waals surface area contributed by atoms with E-state index in [1.807, 2.05) is 0 Å². The van der Waals surface area contributed by atoms with E-state index in [0.717, 1.165) is 11.5 Å². The lowest BCUT2D eigenvalue weighted by Gasteiger charge is -2.05. The summed E-state index contributed by atoms with van der Waals surface area (Å²) in [6.07, 6.45) is 3.05. The van der Waals surface area contributed by atoms with Crippen LogP contribution in [-0.2, 0) is 11.5 Å². The Balaban J connectivity index is 1.86. The highest BCUT2D eigenvalue weighted by molar-refractivity contribution is 7.99. The third kappa shape index (κ3) is 3.09. The first kappa shape index (κ1) is 13.1. The molecule has 2 rings (SSSR count). The maximum atomic E-state index is 8.62. The minimum atomic E-state index is 0.201. The standard InChI is InChI=1S/C10H15N5O2S/c11-9-8-10(13-5-12-9)15(6-14-8)7-17-2-4-18-3-1-16/h5-6,16H,1-4,7H2,(H2,11,12,13). The van der Waals surface area contributed by atoms with Crippen molar-refractivity contribution in [3.05, 3.63) is 12.7 Å². The van der Waals surface area contributed by atoms with Gasteiger partial charge in [-0.2, -0.15) is 11.8 Å². The van der Waals surface area contributed by atoms with Crippen LogP contribution in [0.15, 0.2) is 12.7 Å². The highest BCUT2D eigenvalue weighted by Gasteiger charge is 2.06. The molecule has 2 heterocycles. The monoisotopic (exact) mass is 269 g/mol. The van der Waals surface area contributed by atoms with Crippen molar-refractivity contribution in [1.29, 1.82) is 0 Å². The Bertz CT molecular complexity index is 504. The molecule has 0 saturated heterocycles. The summed E-state index contributed by atoms with van der Waals surface area (Å²) in [6, 6.07) is 0. The lowest BCUT2D eigenvalue weighted by atomic mass is 10.5. The van der Waals surface area contributed by atoms with E-state index in [1.165, 1.54) is 6.33 Å². The molecule has 3 N–H and O–H groups in total. The van der Waals surface area contributed by atoms with Gasteiger partial charge in [-0.25, -0.2) is 15.0 Å². The second-order valence-corrected chi connectivity index (χ2v) is 4.74. The summed E-state index contributed by atoms with van der Waals surface area (Å²) in [5.74, 6) is 1.96. The van der Waals surface area contributed by atoms with Gasteiger partial charge in [-0.05, 0) is 0 Å². The first-order valence-electron chi connectivity index (χ1n) is 5.50. The van der Waals surface area contributed by atoms with Gasteiger partial charge in [-0.1, -0.05) is 0 Å². The maximum absolute atomic E-state index is 8.62. The number of hydrogen-bond acceptors (Lipinski definition) is 7. The van der Waals surface area contributed by atoms with Gasteiger partial charge in [0.2, 0.25) is 0 Å². The van der Waals surface area contributed by atoms with Crippen molar-refractivity contribution < 1.29 is 9.84 Å². The number of nitrogen functional groups attached to an aromatic ring is 1. The number of ether oxygens (including phenoxy) is 1. The van der Waals surface area contributed by atoms with E-state index in [0.29, 0.717) is 30.3 Å². The van der Waals surface area contributed by atoms with Gasteiger partial charge in [0.1, 0.15) is 18.6 Å². The topological polar surface area (TPSA) is 99.1 Å². The SMILES string of the molecule is Nc1ncnc2c1ncn2COCCSCCO. The first-order chi connectivity index (χ1) is 8.83. The zero-order valence-corrected chi connectivity index (χ0v) is 10.6. The summed E-state index contributed by atoms with van der Waals surface area (Å²) >= 11 is 1.65. The minimum absolute atomic E-state index is 0.201. The summed E-state index contributed by atoms with van der Waals surface area (Å²) in [5, 5.41) is 8.62. The van der Waals surface area contributed by atoms with E-state index < -0.39 is 0 Å². The van der Waals surface area contributed by atoms with Crippen molar-refractivity contribution in [3.8, 4) is 0 Å². The first-order valence-corrected chi connectivity index (χ1v) is 6.66. The average Bonchev–Trinajstić information content (AvgIpc) is 2.79. The lowest BCUT2D eigenvalue weighted by Crippen LogP contribution is -2.05. The summed E-state index contributed by atoms with van der Waals surface area (Å²) in [6.45, 7) is 1.20. The van der Waals surface area contributed by atoms with Crippen LogP contribution in [0.5, 0.6) is 0 Å². The van der Waals surface area contributed by atoms with Crippen molar-refractivity contribution >= 4 is 28.7 Å². The quantitative estimate of drug-likeness (QED) is 0.688. The molecule has 0 aliphatic heterocycles. The molecule has 98 valence electrons. The molecule has 0 saturated carbocycles. The zero-order valence-electron chi connectivity index (χ0n) is 9.82. The molecule has 0 aromatic carbocycles. The smallest absolute Gasteiger partial charge is 0.167 e. The van der Waals surface area contributed by atoms with Crippen molar-refractivity contribution in [2.24, 2.45) is 0 Å². The van der Waals surface area contributed by atoms with E-state index in [2.05, 4.69) is 15.0 Å². The van der Waals surface area contributed by atoms with Crippen LogP contribution in [0.25, 0.3) is 11.2 Å². The largest absolute Gasteiger partial charge is 0.396 e. The number of nitrogens with two attached hydrogens (primary N) is 1. The third-order valence-electron chi connectivity index (χ3n) is 2.27. The normalized spacial score (nSPS) is 11.2. The van der Waals surface area contributed by atoms with E-state index >= 15 is 0 Å². The van der Waals surface area contributed by atoms with Gasteiger partial charge in [-0.15, -0.1) is 0 Å². The Hall–Kier alpha value is -1.38. The van der Waals surface area contributed by atoms with Crippen molar-refractivity contribution in [2.45, 2.75) is 6.73 Å². The number of thioether (sulfide) groups is 1. The fraction of sp³-hybridized carbons (Fsp3) is 0.500. The predicted molar refractivity (Wildman–Crippen MR) is 70.1 cm³/mol. The highest BCUT2D eigenvalue weighted by atomic mass is 32.2. The van der Waals surface area contributed by atoms with Crippen LogP contribution in [0.2, 0.25) is 0 Å². The van der Waals surface area contributed by atoms with Crippen LogP contribution < -0.4 is 5.73 Å². The van der Waals surface area contributed by atoms with Gasteiger partial charge in [0.05, 0.1) is 19.5 Å². The molecule has 0 radical (unpaired) electrons. The fourth-order valence-electron chi connectivity index (χ4n) is 1.44. The Morgan fingerprint density at radius 1 is 1.33 bits per heavy atom. The number of fused-ring (bicyclic) bond motifs is 1. The summed E-state index contributed by atoms with van der Waals surface area (Å²) in [5.41, 5.74) is 6.95. The molecule has 0 fully saturated rings.